The summed E-state index contributed by atoms with van der Waals surface area (Å²) in [6, 6.07) is 8.80. The van der Waals surface area contributed by atoms with Crippen LogP contribution in [0.25, 0.3) is 0 Å². The normalized spacial score (nSPS) is 23.7. The van der Waals surface area contributed by atoms with Crippen molar-refractivity contribution in [3.8, 4) is 6.07 Å². The molecule has 0 unspecified atom stereocenters. The molecule has 2 aliphatic heterocycles. The molecule has 0 amide bonds. The Morgan fingerprint density at radius 2 is 1.56 bits per heavy atom. The van der Waals surface area contributed by atoms with E-state index < -0.39 is 33.6 Å². The SMILES string of the molecule is CC1(C)OB(c2ccc(S(=O)(=O)CC3(C#N)CCOCC3)cc2)OC1(C)C. The maximum absolute atomic E-state index is 12.8. The molecule has 0 saturated carbocycles. The smallest absolute Gasteiger partial charge is 0.399 e. The quantitative estimate of drug-likeness (QED) is 0.731. The van der Waals surface area contributed by atoms with Gasteiger partial charge >= 0.3 is 7.12 Å². The highest BCUT2D eigenvalue weighted by Crippen LogP contribution is 2.37. The molecule has 0 atom stereocenters. The predicted molar refractivity (Wildman–Crippen MR) is 102 cm³/mol. The third kappa shape index (κ3) is 3.92. The van der Waals surface area contributed by atoms with E-state index in [9.17, 15) is 13.7 Å². The Hall–Kier alpha value is -1.40. The van der Waals surface area contributed by atoms with Crippen molar-refractivity contribution in [3.05, 3.63) is 24.3 Å². The van der Waals surface area contributed by atoms with Crippen molar-refractivity contribution in [2.75, 3.05) is 19.0 Å². The second-order valence-corrected chi connectivity index (χ2v) is 10.4. The minimum atomic E-state index is -3.58. The molecule has 3 rings (SSSR count). The molecule has 1 aromatic carbocycles. The molecular weight excluding hydrogens is 365 g/mol. The lowest BCUT2D eigenvalue weighted by Crippen LogP contribution is -2.41. The van der Waals surface area contributed by atoms with Gasteiger partial charge in [0.1, 0.15) is 0 Å². The van der Waals surface area contributed by atoms with Gasteiger partial charge < -0.3 is 14.0 Å². The molecule has 0 bridgehead atoms. The summed E-state index contributed by atoms with van der Waals surface area (Å²) in [4.78, 5) is 0.212. The molecule has 0 aliphatic carbocycles. The van der Waals surface area contributed by atoms with Crippen LogP contribution in [0.3, 0.4) is 0 Å². The Labute approximate surface area is 161 Å². The molecule has 2 saturated heterocycles. The van der Waals surface area contributed by atoms with Gasteiger partial charge in [-0.15, -0.1) is 0 Å². The summed E-state index contributed by atoms with van der Waals surface area (Å²) in [5.41, 5.74) is -1.01. The van der Waals surface area contributed by atoms with Crippen LogP contribution in [0.15, 0.2) is 29.2 Å². The largest absolute Gasteiger partial charge is 0.494 e. The van der Waals surface area contributed by atoms with Crippen LogP contribution in [0.2, 0.25) is 0 Å². The third-order valence-electron chi connectivity index (χ3n) is 5.92. The molecule has 2 heterocycles. The molecule has 0 radical (unpaired) electrons. The first kappa shape index (κ1) is 20.3. The summed E-state index contributed by atoms with van der Waals surface area (Å²) in [6.07, 6.45) is 0.878. The molecular formula is C19H26BNO5S. The van der Waals surface area contributed by atoms with Gasteiger partial charge in [0.25, 0.3) is 0 Å². The predicted octanol–water partition coefficient (Wildman–Crippen LogP) is 2.08. The monoisotopic (exact) mass is 391 g/mol. The van der Waals surface area contributed by atoms with E-state index in [-0.39, 0.29) is 10.6 Å². The van der Waals surface area contributed by atoms with Crippen LogP contribution in [-0.4, -0.2) is 45.7 Å². The van der Waals surface area contributed by atoms with Crippen LogP contribution in [0.1, 0.15) is 40.5 Å². The lowest BCUT2D eigenvalue weighted by atomic mass is 9.79. The summed E-state index contributed by atoms with van der Waals surface area (Å²) in [6.45, 7) is 8.73. The summed E-state index contributed by atoms with van der Waals surface area (Å²) < 4.78 is 43.0. The minimum absolute atomic E-state index is 0.185. The second-order valence-electron chi connectivity index (χ2n) is 8.42. The van der Waals surface area contributed by atoms with E-state index in [0.717, 1.165) is 5.46 Å². The van der Waals surface area contributed by atoms with Crippen molar-refractivity contribution < 1.29 is 22.5 Å². The van der Waals surface area contributed by atoms with E-state index in [1.807, 2.05) is 27.7 Å². The van der Waals surface area contributed by atoms with Crippen molar-refractivity contribution >= 4 is 22.4 Å². The maximum Gasteiger partial charge on any atom is 0.494 e. The van der Waals surface area contributed by atoms with Crippen LogP contribution in [-0.2, 0) is 23.9 Å². The summed E-state index contributed by atoms with van der Waals surface area (Å²) in [7, 11) is -4.11. The number of nitrogens with zero attached hydrogens (tertiary/aromatic N) is 1. The minimum Gasteiger partial charge on any atom is -0.399 e. The summed E-state index contributed by atoms with van der Waals surface area (Å²) in [5.74, 6) is -0.185. The molecule has 27 heavy (non-hydrogen) atoms. The number of ether oxygens (including phenoxy) is 1. The van der Waals surface area contributed by atoms with Crippen LogP contribution in [0.4, 0.5) is 0 Å². The van der Waals surface area contributed by atoms with Gasteiger partial charge in [-0.25, -0.2) is 8.42 Å². The first-order chi connectivity index (χ1) is 12.5. The zero-order valence-corrected chi connectivity index (χ0v) is 17.1. The lowest BCUT2D eigenvalue weighted by molar-refractivity contribution is 0.00578. The van der Waals surface area contributed by atoms with Gasteiger partial charge in [-0.3, -0.25) is 0 Å². The maximum atomic E-state index is 12.8. The third-order valence-corrected chi connectivity index (χ3v) is 7.84. The zero-order chi connectivity index (χ0) is 19.9. The zero-order valence-electron chi connectivity index (χ0n) is 16.3. The molecule has 6 nitrogen and oxygen atoms in total. The van der Waals surface area contributed by atoms with E-state index in [1.54, 1.807) is 24.3 Å². The van der Waals surface area contributed by atoms with Gasteiger partial charge in [0, 0.05) is 13.2 Å². The van der Waals surface area contributed by atoms with Crippen molar-refractivity contribution in [1.82, 2.24) is 0 Å². The average Bonchev–Trinajstić information content (AvgIpc) is 2.83. The van der Waals surface area contributed by atoms with Gasteiger partial charge in [0.05, 0.1) is 33.3 Å². The highest BCUT2D eigenvalue weighted by Gasteiger charge is 2.51. The van der Waals surface area contributed by atoms with E-state index in [2.05, 4.69) is 6.07 Å². The van der Waals surface area contributed by atoms with Crippen LogP contribution < -0.4 is 5.46 Å². The first-order valence-corrected chi connectivity index (χ1v) is 10.8. The highest BCUT2D eigenvalue weighted by molar-refractivity contribution is 7.91. The molecule has 146 valence electrons. The van der Waals surface area contributed by atoms with E-state index >= 15 is 0 Å². The Morgan fingerprint density at radius 1 is 1.04 bits per heavy atom. The molecule has 0 aromatic heterocycles. The lowest BCUT2D eigenvalue weighted by Gasteiger charge is -2.32. The second kappa shape index (κ2) is 6.89. The average molecular weight is 391 g/mol. The fourth-order valence-electron chi connectivity index (χ4n) is 3.31. The van der Waals surface area contributed by atoms with E-state index in [0.29, 0.717) is 26.1 Å². The van der Waals surface area contributed by atoms with Gasteiger partial charge in [-0.05, 0) is 58.1 Å². The highest BCUT2D eigenvalue weighted by atomic mass is 32.2. The van der Waals surface area contributed by atoms with Gasteiger partial charge in [0.2, 0.25) is 0 Å². The van der Waals surface area contributed by atoms with Gasteiger partial charge in [0.15, 0.2) is 9.84 Å². The van der Waals surface area contributed by atoms with Crippen LogP contribution in [0, 0.1) is 16.7 Å². The molecule has 8 heteroatoms. The fourth-order valence-corrected chi connectivity index (χ4v) is 5.11. The van der Waals surface area contributed by atoms with Crippen molar-refractivity contribution in [2.24, 2.45) is 5.41 Å². The molecule has 2 aliphatic rings. The Kier molecular flexibility index (Phi) is 5.19. The van der Waals surface area contributed by atoms with E-state index in [4.69, 9.17) is 14.0 Å². The summed E-state index contributed by atoms with van der Waals surface area (Å²) >= 11 is 0. The van der Waals surface area contributed by atoms with Crippen molar-refractivity contribution in [2.45, 2.75) is 56.6 Å². The fraction of sp³-hybridized carbons (Fsp3) is 0.632. The van der Waals surface area contributed by atoms with Crippen LogP contribution in [0.5, 0.6) is 0 Å². The topological polar surface area (TPSA) is 85.6 Å². The number of rotatable bonds is 4. The van der Waals surface area contributed by atoms with Crippen molar-refractivity contribution in [1.29, 1.82) is 5.26 Å². The molecule has 1 aromatic rings. The first-order valence-electron chi connectivity index (χ1n) is 9.18. The molecule has 0 spiro atoms. The Bertz CT molecular complexity index is 820. The Balaban J connectivity index is 1.78. The van der Waals surface area contributed by atoms with E-state index in [1.165, 1.54) is 0 Å². The number of hydrogen-bond donors (Lipinski definition) is 0. The number of hydrogen-bond acceptors (Lipinski definition) is 6. The molecule has 0 N–H and O–H groups in total. The van der Waals surface area contributed by atoms with Gasteiger partial charge in [-0.1, -0.05) is 12.1 Å². The summed E-state index contributed by atoms with van der Waals surface area (Å²) in [5, 5.41) is 9.53. The van der Waals surface area contributed by atoms with Gasteiger partial charge in [-0.2, -0.15) is 5.26 Å². The number of sulfone groups is 1. The molecule has 2 fully saturated rings. The van der Waals surface area contributed by atoms with Crippen molar-refractivity contribution in [3.63, 3.8) is 0 Å². The van der Waals surface area contributed by atoms with Crippen LogP contribution >= 0.6 is 0 Å². The Morgan fingerprint density at radius 3 is 2.04 bits per heavy atom. The number of benzene rings is 1. The number of nitriles is 1. The standard InChI is InChI=1S/C19H26BNO5S/c1-17(2)18(3,4)26-20(25-17)15-5-7-16(8-6-15)27(22,23)14-19(13-21)9-11-24-12-10-19/h5-8H,9-12,14H2,1-4H3.